The SMILES string of the molecule is C[C@H](NC(=O)CN1C(=O)N[C@](C)(c2ccccc2F)C1=O)C1CC1. The number of nitrogens with one attached hydrogen (secondary N) is 2. The molecule has 24 heavy (non-hydrogen) atoms. The summed E-state index contributed by atoms with van der Waals surface area (Å²) in [7, 11) is 0. The van der Waals surface area contributed by atoms with E-state index < -0.39 is 29.2 Å². The van der Waals surface area contributed by atoms with Crippen LogP contribution in [0.15, 0.2) is 24.3 Å². The van der Waals surface area contributed by atoms with Crippen molar-refractivity contribution in [2.75, 3.05) is 6.54 Å². The van der Waals surface area contributed by atoms with Gasteiger partial charge in [-0.3, -0.25) is 14.5 Å². The first kappa shape index (κ1) is 16.4. The van der Waals surface area contributed by atoms with Crippen LogP contribution in [0.5, 0.6) is 0 Å². The van der Waals surface area contributed by atoms with Gasteiger partial charge in [0.2, 0.25) is 5.91 Å². The molecule has 2 aliphatic rings. The zero-order chi connectivity index (χ0) is 17.5. The van der Waals surface area contributed by atoms with Gasteiger partial charge in [-0.05, 0) is 38.7 Å². The summed E-state index contributed by atoms with van der Waals surface area (Å²) in [5.74, 6) is -1.13. The Bertz CT molecular complexity index is 704. The Morgan fingerprint density at radius 3 is 2.71 bits per heavy atom. The molecule has 1 heterocycles. The molecule has 2 atom stereocenters. The first-order chi connectivity index (χ1) is 11.3. The maximum atomic E-state index is 14.0. The minimum Gasteiger partial charge on any atom is -0.352 e. The molecule has 1 saturated heterocycles. The van der Waals surface area contributed by atoms with Crippen LogP contribution in [0, 0.1) is 11.7 Å². The number of urea groups is 1. The van der Waals surface area contributed by atoms with E-state index in [0.717, 1.165) is 17.7 Å². The van der Waals surface area contributed by atoms with Gasteiger partial charge in [0, 0.05) is 11.6 Å². The molecule has 4 amide bonds. The van der Waals surface area contributed by atoms with E-state index in [-0.39, 0.29) is 18.2 Å². The summed E-state index contributed by atoms with van der Waals surface area (Å²) in [6.45, 7) is 2.98. The van der Waals surface area contributed by atoms with Gasteiger partial charge in [-0.1, -0.05) is 18.2 Å². The predicted octanol–water partition coefficient (Wildman–Crippen LogP) is 1.51. The van der Waals surface area contributed by atoms with Crippen molar-refractivity contribution in [2.24, 2.45) is 5.92 Å². The fraction of sp³-hybridized carbons (Fsp3) is 0.471. The number of carbonyl (C=O) groups excluding carboxylic acids is 3. The van der Waals surface area contributed by atoms with E-state index in [0.29, 0.717) is 5.92 Å². The third-order valence-electron chi connectivity index (χ3n) is 4.71. The lowest BCUT2D eigenvalue weighted by molar-refractivity contribution is -0.135. The summed E-state index contributed by atoms with van der Waals surface area (Å²) in [4.78, 5) is 37.7. The van der Waals surface area contributed by atoms with Crippen LogP contribution in [0.25, 0.3) is 0 Å². The fourth-order valence-corrected chi connectivity index (χ4v) is 3.05. The molecule has 1 aliphatic carbocycles. The molecule has 0 unspecified atom stereocenters. The van der Waals surface area contributed by atoms with Crippen LogP contribution in [-0.2, 0) is 15.1 Å². The van der Waals surface area contributed by atoms with E-state index in [1.54, 1.807) is 6.07 Å². The zero-order valence-corrected chi connectivity index (χ0v) is 13.6. The molecule has 0 bridgehead atoms. The van der Waals surface area contributed by atoms with Gasteiger partial charge in [0.05, 0.1) is 0 Å². The third-order valence-corrected chi connectivity index (χ3v) is 4.71. The van der Waals surface area contributed by atoms with Gasteiger partial charge in [0.15, 0.2) is 0 Å². The number of imide groups is 1. The number of halogens is 1. The van der Waals surface area contributed by atoms with Gasteiger partial charge in [0.25, 0.3) is 5.91 Å². The highest BCUT2D eigenvalue weighted by Gasteiger charge is 2.50. The van der Waals surface area contributed by atoms with Gasteiger partial charge >= 0.3 is 6.03 Å². The lowest BCUT2D eigenvalue weighted by Gasteiger charge is -2.22. The van der Waals surface area contributed by atoms with Gasteiger partial charge in [-0.15, -0.1) is 0 Å². The Morgan fingerprint density at radius 1 is 1.42 bits per heavy atom. The average Bonchev–Trinajstić information content (AvgIpc) is 3.33. The largest absolute Gasteiger partial charge is 0.352 e. The first-order valence-corrected chi connectivity index (χ1v) is 8.01. The van der Waals surface area contributed by atoms with E-state index in [2.05, 4.69) is 10.6 Å². The quantitative estimate of drug-likeness (QED) is 0.802. The van der Waals surface area contributed by atoms with E-state index in [1.165, 1.54) is 25.1 Å². The molecular formula is C17H20FN3O3. The van der Waals surface area contributed by atoms with Crippen molar-refractivity contribution in [3.8, 4) is 0 Å². The normalized spacial score (nSPS) is 24.7. The predicted molar refractivity (Wildman–Crippen MR) is 84.3 cm³/mol. The molecule has 2 N–H and O–H groups in total. The summed E-state index contributed by atoms with van der Waals surface area (Å²) in [6, 6.07) is 5.11. The molecule has 1 saturated carbocycles. The second-order valence-electron chi connectivity index (χ2n) is 6.62. The summed E-state index contributed by atoms with van der Waals surface area (Å²) in [5, 5.41) is 5.30. The van der Waals surface area contributed by atoms with E-state index >= 15 is 0 Å². The van der Waals surface area contributed by atoms with Crippen LogP contribution in [0.4, 0.5) is 9.18 Å². The van der Waals surface area contributed by atoms with Crippen LogP contribution >= 0.6 is 0 Å². The molecule has 1 aromatic rings. The topological polar surface area (TPSA) is 78.5 Å². The zero-order valence-electron chi connectivity index (χ0n) is 13.6. The van der Waals surface area contributed by atoms with E-state index in [4.69, 9.17) is 0 Å². The highest BCUT2D eigenvalue weighted by molar-refractivity contribution is 6.09. The maximum absolute atomic E-state index is 14.0. The monoisotopic (exact) mass is 333 g/mol. The Morgan fingerprint density at radius 2 is 2.08 bits per heavy atom. The summed E-state index contributed by atoms with van der Waals surface area (Å²) < 4.78 is 14.0. The molecule has 2 fully saturated rings. The number of rotatable bonds is 5. The van der Waals surface area contributed by atoms with Gasteiger partial charge in [0.1, 0.15) is 17.9 Å². The van der Waals surface area contributed by atoms with E-state index in [1.807, 2.05) is 6.92 Å². The van der Waals surface area contributed by atoms with Crippen molar-refractivity contribution in [1.82, 2.24) is 15.5 Å². The van der Waals surface area contributed by atoms with Gasteiger partial charge < -0.3 is 10.6 Å². The summed E-state index contributed by atoms with van der Waals surface area (Å²) >= 11 is 0. The van der Waals surface area contributed by atoms with Crippen LogP contribution < -0.4 is 10.6 Å². The molecule has 0 radical (unpaired) electrons. The highest BCUT2D eigenvalue weighted by atomic mass is 19.1. The van der Waals surface area contributed by atoms with Crippen LogP contribution in [0.2, 0.25) is 0 Å². The number of amides is 4. The Hall–Kier alpha value is -2.44. The van der Waals surface area contributed by atoms with E-state index in [9.17, 15) is 18.8 Å². The van der Waals surface area contributed by atoms with Gasteiger partial charge in [-0.25, -0.2) is 9.18 Å². The Labute approximate surface area is 139 Å². The molecular weight excluding hydrogens is 313 g/mol. The number of hydrogen-bond donors (Lipinski definition) is 2. The average molecular weight is 333 g/mol. The second kappa shape index (κ2) is 5.89. The minimum absolute atomic E-state index is 0.0243. The Kier molecular flexibility index (Phi) is 4.03. The molecule has 3 rings (SSSR count). The minimum atomic E-state index is -1.51. The lowest BCUT2D eigenvalue weighted by atomic mass is 9.91. The summed E-state index contributed by atoms with van der Waals surface area (Å²) in [5.41, 5.74) is -1.43. The molecule has 6 nitrogen and oxygen atoms in total. The number of benzene rings is 1. The maximum Gasteiger partial charge on any atom is 0.325 e. The molecule has 0 aromatic heterocycles. The third kappa shape index (κ3) is 2.86. The van der Waals surface area contributed by atoms with Gasteiger partial charge in [-0.2, -0.15) is 0 Å². The summed E-state index contributed by atoms with van der Waals surface area (Å²) in [6.07, 6.45) is 2.16. The fourth-order valence-electron chi connectivity index (χ4n) is 3.05. The highest BCUT2D eigenvalue weighted by Crippen LogP contribution is 2.32. The first-order valence-electron chi connectivity index (χ1n) is 8.01. The molecule has 0 spiro atoms. The van der Waals surface area contributed by atoms with Crippen LogP contribution in [-0.4, -0.2) is 35.3 Å². The Balaban J connectivity index is 1.74. The van der Waals surface area contributed by atoms with Crippen molar-refractivity contribution in [3.63, 3.8) is 0 Å². The van der Waals surface area contributed by atoms with Crippen molar-refractivity contribution in [3.05, 3.63) is 35.6 Å². The molecule has 1 aliphatic heterocycles. The molecule has 1 aromatic carbocycles. The van der Waals surface area contributed by atoms with Crippen molar-refractivity contribution < 1.29 is 18.8 Å². The molecule has 7 heteroatoms. The second-order valence-corrected chi connectivity index (χ2v) is 6.62. The number of carbonyl (C=O) groups is 3. The van der Waals surface area contributed by atoms with Crippen molar-refractivity contribution >= 4 is 17.8 Å². The van der Waals surface area contributed by atoms with Crippen LogP contribution in [0.1, 0.15) is 32.3 Å². The smallest absolute Gasteiger partial charge is 0.325 e. The molecule has 128 valence electrons. The van der Waals surface area contributed by atoms with Crippen molar-refractivity contribution in [1.29, 1.82) is 0 Å². The van der Waals surface area contributed by atoms with Crippen molar-refractivity contribution in [2.45, 2.75) is 38.3 Å². The number of nitrogens with zero attached hydrogens (tertiary/aromatic N) is 1. The number of hydrogen-bond acceptors (Lipinski definition) is 3. The lowest BCUT2D eigenvalue weighted by Crippen LogP contribution is -2.45. The van der Waals surface area contributed by atoms with Crippen LogP contribution in [0.3, 0.4) is 0 Å². The standard InChI is InChI=1S/C17H20FN3O3/c1-10(11-7-8-11)19-14(22)9-21-15(23)17(2,20-16(21)24)12-5-3-4-6-13(12)18/h3-6,10-11H,7-9H2,1-2H3,(H,19,22)(H,20,24)/t10-,17+/m0/s1.